The van der Waals surface area contributed by atoms with Crippen molar-refractivity contribution in [1.29, 1.82) is 0 Å². The molecule has 134 valence electrons. The molecule has 0 bridgehead atoms. The Labute approximate surface area is 151 Å². The summed E-state index contributed by atoms with van der Waals surface area (Å²) in [6.45, 7) is 3.86. The van der Waals surface area contributed by atoms with E-state index >= 15 is 0 Å². The number of hydrogen-bond acceptors (Lipinski definition) is 5. The van der Waals surface area contributed by atoms with Crippen molar-refractivity contribution in [2.75, 3.05) is 7.11 Å². The van der Waals surface area contributed by atoms with Crippen molar-refractivity contribution < 1.29 is 24.5 Å². The largest absolute Gasteiger partial charge is 0.507 e. The quantitative estimate of drug-likeness (QED) is 0.637. The molecule has 1 heterocycles. The van der Waals surface area contributed by atoms with Crippen LogP contribution in [0.5, 0.6) is 23.0 Å². The SMILES string of the molecule is COc1ccc(C(=O)/C=C/c2ccc3c(c2O)C=CC(C)(C)O3)cc1O. The van der Waals surface area contributed by atoms with E-state index in [1.54, 1.807) is 18.2 Å². The Morgan fingerprint density at radius 1 is 1.19 bits per heavy atom. The number of phenols is 2. The summed E-state index contributed by atoms with van der Waals surface area (Å²) in [5.41, 5.74) is 0.981. The van der Waals surface area contributed by atoms with Crippen LogP contribution in [-0.2, 0) is 0 Å². The van der Waals surface area contributed by atoms with Gasteiger partial charge in [-0.05, 0) is 68.5 Å². The van der Waals surface area contributed by atoms with Crippen LogP contribution in [0.1, 0.15) is 35.3 Å². The first kappa shape index (κ1) is 17.6. The van der Waals surface area contributed by atoms with Crippen LogP contribution in [0, 0.1) is 0 Å². The molecule has 0 unspecified atom stereocenters. The van der Waals surface area contributed by atoms with Gasteiger partial charge in [-0.25, -0.2) is 0 Å². The van der Waals surface area contributed by atoms with Gasteiger partial charge < -0.3 is 19.7 Å². The monoisotopic (exact) mass is 352 g/mol. The van der Waals surface area contributed by atoms with E-state index in [0.717, 1.165) is 0 Å². The predicted molar refractivity (Wildman–Crippen MR) is 99.9 cm³/mol. The number of fused-ring (bicyclic) bond motifs is 1. The van der Waals surface area contributed by atoms with Crippen molar-refractivity contribution in [3.63, 3.8) is 0 Å². The Morgan fingerprint density at radius 3 is 2.65 bits per heavy atom. The van der Waals surface area contributed by atoms with E-state index in [2.05, 4.69) is 0 Å². The third-order valence-corrected chi connectivity index (χ3v) is 4.11. The third-order valence-electron chi connectivity index (χ3n) is 4.11. The fraction of sp³-hybridized carbons (Fsp3) is 0.190. The Balaban J connectivity index is 1.85. The summed E-state index contributed by atoms with van der Waals surface area (Å²) < 4.78 is 10.8. The van der Waals surface area contributed by atoms with Crippen LogP contribution in [0.2, 0.25) is 0 Å². The van der Waals surface area contributed by atoms with Crippen molar-refractivity contribution in [2.45, 2.75) is 19.4 Å². The Kier molecular flexibility index (Phi) is 4.47. The summed E-state index contributed by atoms with van der Waals surface area (Å²) in [6.07, 6.45) is 6.56. The highest BCUT2D eigenvalue weighted by molar-refractivity contribution is 6.07. The van der Waals surface area contributed by atoms with Gasteiger partial charge in [0.2, 0.25) is 0 Å². The fourth-order valence-electron chi connectivity index (χ4n) is 2.70. The number of methoxy groups -OCH3 is 1. The minimum Gasteiger partial charge on any atom is -0.507 e. The number of benzene rings is 2. The van der Waals surface area contributed by atoms with Crippen molar-refractivity contribution in [3.8, 4) is 23.0 Å². The second kappa shape index (κ2) is 6.59. The number of ketones is 1. The summed E-state index contributed by atoms with van der Waals surface area (Å²) >= 11 is 0. The van der Waals surface area contributed by atoms with Crippen molar-refractivity contribution in [3.05, 3.63) is 59.2 Å². The van der Waals surface area contributed by atoms with Gasteiger partial charge >= 0.3 is 0 Å². The van der Waals surface area contributed by atoms with Crippen LogP contribution in [0.15, 0.2) is 42.5 Å². The molecule has 0 atom stereocenters. The van der Waals surface area contributed by atoms with Crippen LogP contribution >= 0.6 is 0 Å². The molecular formula is C21H20O5. The molecule has 26 heavy (non-hydrogen) atoms. The van der Waals surface area contributed by atoms with Crippen LogP contribution in [0.4, 0.5) is 0 Å². The fourth-order valence-corrected chi connectivity index (χ4v) is 2.70. The number of hydrogen-bond donors (Lipinski definition) is 2. The van der Waals surface area contributed by atoms with Crippen LogP contribution < -0.4 is 9.47 Å². The van der Waals surface area contributed by atoms with E-state index in [-0.39, 0.29) is 17.3 Å². The lowest BCUT2D eigenvalue weighted by Gasteiger charge is -2.28. The van der Waals surface area contributed by atoms with E-state index in [1.165, 1.54) is 31.4 Å². The highest BCUT2D eigenvalue weighted by Crippen LogP contribution is 2.38. The third kappa shape index (κ3) is 3.42. The van der Waals surface area contributed by atoms with Gasteiger partial charge in [-0.3, -0.25) is 4.79 Å². The molecule has 0 saturated heterocycles. The zero-order valence-corrected chi connectivity index (χ0v) is 14.8. The van der Waals surface area contributed by atoms with Gasteiger partial charge in [0.25, 0.3) is 0 Å². The molecule has 5 nitrogen and oxygen atoms in total. The first-order valence-electron chi connectivity index (χ1n) is 8.14. The molecule has 0 aromatic heterocycles. The molecule has 5 heteroatoms. The Morgan fingerprint density at radius 2 is 1.96 bits per heavy atom. The van der Waals surface area contributed by atoms with E-state index in [4.69, 9.17) is 9.47 Å². The van der Waals surface area contributed by atoms with Crippen LogP contribution in [0.3, 0.4) is 0 Å². The molecule has 0 amide bonds. The lowest BCUT2D eigenvalue weighted by atomic mass is 9.99. The topological polar surface area (TPSA) is 76.0 Å². The van der Waals surface area contributed by atoms with Crippen LogP contribution in [0.25, 0.3) is 12.2 Å². The number of aromatic hydroxyl groups is 2. The summed E-state index contributed by atoms with van der Waals surface area (Å²) in [7, 11) is 1.44. The summed E-state index contributed by atoms with van der Waals surface area (Å²) in [5, 5.41) is 20.2. The summed E-state index contributed by atoms with van der Waals surface area (Å²) in [6, 6.07) is 7.90. The lowest BCUT2D eigenvalue weighted by molar-refractivity contribution is 0.104. The van der Waals surface area contributed by atoms with E-state index < -0.39 is 5.60 Å². The Hall–Kier alpha value is -3.21. The molecular weight excluding hydrogens is 332 g/mol. The molecule has 1 aliphatic rings. The zero-order chi connectivity index (χ0) is 18.9. The number of allylic oxidation sites excluding steroid dienone is 1. The number of rotatable bonds is 4. The average Bonchev–Trinajstić information content (AvgIpc) is 2.60. The number of carbonyl (C=O) groups is 1. The lowest BCUT2D eigenvalue weighted by Crippen LogP contribution is -2.27. The normalized spacial score (nSPS) is 14.7. The first-order valence-corrected chi connectivity index (χ1v) is 8.14. The first-order chi connectivity index (χ1) is 12.3. The average molecular weight is 352 g/mol. The second-order valence-corrected chi connectivity index (χ2v) is 6.54. The minimum absolute atomic E-state index is 0.0517. The smallest absolute Gasteiger partial charge is 0.185 e. The van der Waals surface area contributed by atoms with E-state index in [1.807, 2.05) is 26.0 Å². The number of carbonyl (C=O) groups excluding carboxylic acids is 1. The molecule has 2 aromatic rings. The van der Waals surface area contributed by atoms with Gasteiger partial charge in [0.05, 0.1) is 12.7 Å². The van der Waals surface area contributed by atoms with E-state index in [0.29, 0.717) is 28.2 Å². The molecule has 0 spiro atoms. The molecule has 3 rings (SSSR count). The van der Waals surface area contributed by atoms with Crippen molar-refractivity contribution in [2.24, 2.45) is 0 Å². The van der Waals surface area contributed by atoms with Gasteiger partial charge in [0, 0.05) is 11.1 Å². The summed E-state index contributed by atoms with van der Waals surface area (Å²) in [5.74, 6) is 0.545. The maximum Gasteiger partial charge on any atom is 0.185 e. The van der Waals surface area contributed by atoms with Gasteiger partial charge in [-0.1, -0.05) is 0 Å². The number of ether oxygens (including phenoxy) is 2. The van der Waals surface area contributed by atoms with Gasteiger partial charge in [-0.2, -0.15) is 0 Å². The molecule has 0 aliphatic carbocycles. The minimum atomic E-state index is -0.427. The van der Waals surface area contributed by atoms with E-state index in [9.17, 15) is 15.0 Å². The van der Waals surface area contributed by atoms with Crippen molar-refractivity contribution >= 4 is 17.9 Å². The second-order valence-electron chi connectivity index (χ2n) is 6.54. The molecule has 2 N–H and O–H groups in total. The molecule has 2 aromatic carbocycles. The van der Waals surface area contributed by atoms with Gasteiger partial charge in [0.1, 0.15) is 17.1 Å². The highest BCUT2D eigenvalue weighted by Gasteiger charge is 2.24. The maximum atomic E-state index is 12.3. The predicted octanol–water partition coefficient (Wildman–Crippen LogP) is 4.19. The standard InChI is InChI=1S/C21H20O5/c1-21(2)11-10-15-18(26-21)8-5-13(20(15)24)4-7-16(22)14-6-9-19(25-3)17(23)12-14/h4-12,23-24H,1-3H3/b7-4+. The molecule has 1 aliphatic heterocycles. The molecule has 0 radical (unpaired) electrons. The molecule has 0 saturated carbocycles. The van der Waals surface area contributed by atoms with Gasteiger partial charge in [0.15, 0.2) is 17.3 Å². The van der Waals surface area contributed by atoms with Crippen molar-refractivity contribution in [1.82, 2.24) is 0 Å². The van der Waals surface area contributed by atoms with Crippen LogP contribution in [-0.4, -0.2) is 28.7 Å². The summed E-state index contributed by atoms with van der Waals surface area (Å²) in [4.78, 5) is 12.3. The van der Waals surface area contributed by atoms with Gasteiger partial charge in [-0.15, -0.1) is 0 Å². The maximum absolute atomic E-state index is 12.3. The molecule has 0 fully saturated rings. The zero-order valence-electron chi connectivity index (χ0n) is 14.8. The number of phenolic OH excluding ortho intramolecular Hbond substituents is 2. The highest BCUT2D eigenvalue weighted by atomic mass is 16.5. The Bertz CT molecular complexity index is 922.